The molecule has 2 aromatic rings. The number of halogens is 3. The minimum atomic E-state index is -0.885. The molecular weight excluding hydrogens is 471 g/mol. The second-order valence-corrected chi connectivity index (χ2v) is 9.10. The van der Waals surface area contributed by atoms with Crippen LogP contribution >= 0.6 is 0 Å². The average Bonchev–Trinajstić information content (AvgIpc) is 3.64. The Labute approximate surface area is 206 Å². The van der Waals surface area contributed by atoms with E-state index in [1.54, 1.807) is 23.1 Å². The zero-order chi connectivity index (χ0) is 25.8. The molecule has 2 N–H and O–H groups in total. The Balaban J connectivity index is 1.40. The van der Waals surface area contributed by atoms with E-state index in [2.05, 4.69) is 17.2 Å². The van der Waals surface area contributed by atoms with E-state index in [1.807, 2.05) is 6.08 Å². The van der Waals surface area contributed by atoms with Crippen molar-refractivity contribution in [1.29, 1.82) is 0 Å². The molecule has 0 radical (unpaired) electrons. The van der Waals surface area contributed by atoms with Crippen LogP contribution in [-0.2, 0) is 20.8 Å². The maximum Gasteiger partial charge on any atom is 0.267 e. The summed E-state index contributed by atoms with van der Waals surface area (Å²) in [5.41, 5.74) is 0.575. The molecule has 2 aromatic carbocycles. The Morgan fingerprint density at radius 2 is 1.67 bits per heavy atom. The molecule has 0 bridgehead atoms. The molecule has 1 aliphatic heterocycles. The highest BCUT2D eigenvalue weighted by Gasteiger charge is 2.36. The van der Waals surface area contributed by atoms with Crippen LogP contribution in [0.1, 0.15) is 36.4 Å². The second-order valence-electron chi connectivity index (χ2n) is 9.10. The summed E-state index contributed by atoms with van der Waals surface area (Å²) in [5.74, 6) is -3.34. The summed E-state index contributed by atoms with van der Waals surface area (Å²) < 4.78 is 40.2. The van der Waals surface area contributed by atoms with Crippen molar-refractivity contribution >= 4 is 17.7 Å². The first-order valence-corrected chi connectivity index (χ1v) is 11.7. The van der Waals surface area contributed by atoms with Crippen LogP contribution in [0.15, 0.2) is 66.9 Å². The highest BCUT2D eigenvalue weighted by molar-refractivity contribution is 5.99. The lowest BCUT2D eigenvalue weighted by atomic mass is 10.0. The zero-order valence-electron chi connectivity index (χ0n) is 19.5. The van der Waals surface area contributed by atoms with Crippen molar-refractivity contribution < 1.29 is 27.6 Å². The smallest absolute Gasteiger partial charge is 0.267 e. The fourth-order valence-electron chi connectivity index (χ4n) is 4.15. The Kier molecular flexibility index (Phi) is 7.57. The van der Waals surface area contributed by atoms with Gasteiger partial charge in [-0.2, -0.15) is 0 Å². The zero-order valence-corrected chi connectivity index (χ0v) is 19.5. The molecule has 9 heteroatoms. The van der Waals surface area contributed by atoms with Crippen molar-refractivity contribution in [3.05, 3.63) is 95.5 Å². The molecule has 1 saturated carbocycles. The summed E-state index contributed by atoms with van der Waals surface area (Å²) >= 11 is 0. The topological polar surface area (TPSA) is 78.5 Å². The molecule has 1 heterocycles. The number of rotatable bonds is 8. The highest BCUT2D eigenvalue weighted by atomic mass is 19.1. The van der Waals surface area contributed by atoms with Gasteiger partial charge in [-0.1, -0.05) is 30.9 Å². The molecule has 0 spiro atoms. The normalized spacial score (nSPS) is 19.5. The first kappa shape index (κ1) is 25.2. The third-order valence-electron chi connectivity index (χ3n) is 6.13. The summed E-state index contributed by atoms with van der Waals surface area (Å²) in [4.78, 5) is 40.1. The van der Waals surface area contributed by atoms with Crippen LogP contribution in [0.25, 0.3) is 0 Å². The van der Waals surface area contributed by atoms with Gasteiger partial charge >= 0.3 is 0 Å². The van der Waals surface area contributed by atoms with E-state index in [4.69, 9.17) is 0 Å². The van der Waals surface area contributed by atoms with Crippen LogP contribution < -0.4 is 10.6 Å². The van der Waals surface area contributed by atoms with Crippen molar-refractivity contribution in [2.45, 2.75) is 37.8 Å². The summed E-state index contributed by atoms with van der Waals surface area (Å²) in [5, 5.41) is 4.94. The van der Waals surface area contributed by atoms with Crippen molar-refractivity contribution in [3.63, 3.8) is 0 Å². The fourth-order valence-corrected chi connectivity index (χ4v) is 4.15. The van der Waals surface area contributed by atoms with E-state index in [9.17, 15) is 27.6 Å². The van der Waals surface area contributed by atoms with Crippen LogP contribution in [0.5, 0.6) is 0 Å². The number of hydrogen-bond donors (Lipinski definition) is 2. The lowest BCUT2D eigenvalue weighted by molar-refractivity contribution is -0.137. The quantitative estimate of drug-likeness (QED) is 0.431. The molecule has 188 valence electrons. The monoisotopic (exact) mass is 497 g/mol. The van der Waals surface area contributed by atoms with Crippen LogP contribution in [0.4, 0.5) is 13.2 Å². The van der Waals surface area contributed by atoms with E-state index in [-0.39, 0.29) is 35.8 Å². The van der Waals surface area contributed by atoms with E-state index < -0.39 is 35.5 Å². The Bertz CT molecular complexity index is 1190. The minimum absolute atomic E-state index is 0.102. The molecule has 2 aliphatic rings. The Morgan fingerprint density at radius 3 is 2.31 bits per heavy atom. The van der Waals surface area contributed by atoms with Crippen molar-refractivity contribution in [1.82, 2.24) is 15.5 Å². The van der Waals surface area contributed by atoms with Gasteiger partial charge in [0.05, 0.1) is 18.2 Å². The highest BCUT2D eigenvalue weighted by Crippen LogP contribution is 2.35. The lowest BCUT2D eigenvalue weighted by Gasteiger charge is -2.32. The van der Waals surface area contributed by atoms with Gasteiger partial charge in [0.2, 0.25) is 11.8 Å². The molecule has 6 nitrogen and oxygen atoms in total. The van der Waals surface area contributed by atoms with Crippen molar-refractivity contribution in [2.24, 2.45) is 5.92 Å². The molecular formula is C27H26F3N3O3. The molecule has 1 fully saturated rings. The number of hydrogen-bond acceptors (Lipinski definition) is 3. The van der Waals surface area contributed by atoms with Gasteiger partial charge in [-0.05, 0) is 60.6 Å². The van der Waals surface area contributed by atoms with Gasteiger partial charge in [0.25, 0.3) is 5.91 Å². The van der Waals surface area contributed by atoms with E-state index >= 15 is 0 Å². The van der Waals surface area contributed by atoms with Crippen LogP contribution in [-0.4, -0.2) is 35.2 Å². The molecule has 0 saturated heterocycles. The molecule has 36 heavy (non-hydrogen) atoms. The number of nitrogens with zero attached hydrogens (tertiary/aromatic N) is 1. The average molecular weight is 498 g/mol. The molecule has 2 atom stereocenters. The summed E-state index contributed by atoms with van der Waals surface area (Å²) in [6.45, 7) is 4.08. The van der Waals surface area contributed by atoms with Gasteiger partial charge in [-0.3, -0.25) is 14.4 Å². The van der Waals surface area contributed by atoms with E-state index in [0.29, 0.717) is 18.5 Å². The van der Waals surface area contributed by atoms with Crippen molar-refractivity contribution in [3.8, 4) is 0 Å². The van der Waals surface area contributed by atoms with Gasteiger partial charge in [0.15, 0.2) is 0 Å². The van der Waals surface area contributed by atoms with Crippen molar-refractivity contribution in [2.75, 3.05) is 6.54 Å². The summed E-state index contributed by atoms with van der Waals surface area (Å²) in [7, 11) is 0. The maximum absolute atomic E-state index is 13.5. The second kappa shape index (κ2) is 10.8. The van der Waals surface area contributed by atoms with Gasteiger partial charge in [0, 0.05) is 12.6 Å². The minimum Gasteiger partial charge on any atom is -0.339 e. The Morgan fingerprint density at radius 1 is 1.00 bits per heavy atom. The van der Waals surface area contributed by atoms with Gasteiger partial charge in [0.1, 0.15) is 23.5 Å². The standard InChI is InChI=1S/C27H26F3N3O3/c1-16(31-25(34)13-18-11-21(29)14-22(30)12-18)26(35)32-23-3-2-4-24(19-7-9-20(28)10-8-19)33(27(23)36)15-17-5-6-17/h2,4,7-12,14,17,23-24H,1,3,5-6,13,15H2,(H,31,34)(H,32,35)/t23-,24+/m1/s1. The predicted molar refractivity (Wildman–Crippen MR) is 127 cm³/mol. The Hall–Kier alpha value is -3.88. The number of carbonyl (C=O) groups is 3. The predicted octanol–water partition coefficient (Wildman–Crippen LogP) is 3.70. The summed E-state index contributed by atoms with van der Waals surface area (Å²) in [6, 6.07) is 7.42. The lowest BCUT2D eigenvalue weighted by Crippen LogP contribution is -2.50. The fraction of sp³-hybridized carbons (Fsp3) is 0.296. The summed E-state index contributed by atoms with van der Waals surface area (Å²) in [6.07, 6.45) is 5.56. The number of carbonyl (C=O) groups excluding carboxylic acids is 3. The number of amides is 3. The van der Waals surface area contributed by atoms with Crippen LogP contribution in [0, 0.1) is 23.4 Å². The molecule has 0 aromatic heterocycles. The molecule has 0 unspecified atom stereocenters. The third kappa shape index (κ3) is 6.41. The van der Waals surface area contributed by atoms with Gasteiger partial charge < -0.3 is 15.5 Å². The molecule has 1 aliphatic carbocycles. The van der Waals surface area contributed by atoms with Gasteiger partial charge in [-0.15, -0.1) is 0 Å². The van der Waals surface area contributed by atoms with Crippen LogP contribution in [0.2, 0.25) is 0 Å². The largest absolute Gasteiger partial charge is 0.339 e. The number of benzene rings is 2. The van der Waals surface area contributed by atoms with E-state index in [1.165, 1.54) is 12.1 Å². The molecule has 4 rings (SSSR count). The maximum atomic E-state index is 13.5. The van der Waals surface area contributed by atoms with Gasteiger partial charge in [-0.25, -0.2) is 13.2 Å². The molecule has 3 amide bonds. The first-order chi connectivity index (χ1) is 17.2. The number of nitrogens with one attached hydrogen (secondary N) is 2. The van der Waals surface area contributed by atoms with E-state index in [0.717, 1.165) is 30.5 Å². The third-order valence-corrected chi connectivity index (χ3v) is 6.13. The van der Waals surface area contributed by atoms with Crippen LogP contribution in [0.3, 0.4) is 0 Å². The first-order valence-electron chi connectivity index (χ1n) is 11.7. The SMILES string of the molecule is C=C(NC(=O)Cc1cc(F)cc(F)c1)C(=O)N[C@@H]1CC=C[C@@H](c2ccc(F)cc2)N(CC2CC2)C1=O.